The maximum atomic E-state index is 5.43. The Balaban J connectivity index is 1.20. The summed E-state index contributed by atoms with van der Waals surface area (Å²) in [6.07, 6.45) is 10.0. The van der Waals surface area contributed by atoms with Gasteiger partial charge in [0.15, 0.2) is 6.17 Å². The van der Waals surface area contributed by atoms with E-state index in [1.807, 2.05) is 12.4 Å². The van der Waals surface area contributed by atoms with Crippen LogP contribution in [0.25, 0.3) is 28.0 Å². The molecule has 10 rings (SSSR count). The van der Waals surface area contributed by atoms with E-state index in [4.69, 9.17) is 9.98 Å². The van der Waals surface area contributed by atoms with Crippen molar-refractivity contribution in [2.75, 3.05) is 0 Å². The predicted octanol–water partition coefficient (Wildman–Crippen LogP) is 10.1. The van der Waals surface area contributed by atoms with Crippen LogP contribution in [-0.4, -0.2) is 16.7 Å². The normalized spacial score (nSPS) is 18.6. The average molecular weight is 655 g/mol. The first-order valence-corrected chi connectivity index (χ1v) is 17.7. The van der Waals surface area contributed by atoms with Crippen molar-refractivity contribution in [3.05, 3.63) is 214 Å². The number of amidine groups is 2. The van der Waals surface area contributed by atoms with Gasteiger partial charge in [-0.15, -0.1) is 0 Å². The van der Waals surface area contributed by atoms with E-state index in [2.05, 4.69) is 168 Å². The summed E-state index contributed by atoms with van der Waals surface area (Å²) < 4.78 is 0. The molecule has 4 nitrogen and oxygen atoms in total. The molecule has 0 amide bonds. The third kappa shape index (κ3) is 4.71. The summed E-state index contributed by atoms with van der Waals surface area (Å²) >= 11 is 0. The highest BCUT2D eigenvalue weighted by molar-refractivity contribution is 6.19. The zero-order valence-corrected chi connectivity index (χ0v) is 28.0. The number of rotatable bonds is 5. The van der Waals surface area contributed by atoms with Gasteiger partial charge >= 0.3 is 0 Å². The number of hydrogen-bond donors (Lipinski definition) is 1. The van der Waals surface area contributed by atoms with Gasteiger partial charge in [-0.1, -0.05) is 133 Å². The summed E-state index contributed by atoms with van der Waals surface area (Å²) in [5.41, 5.74) is 12.6. The lowest BCUT2D eigenvalue weighted by Crippen LogP contribution is -2.36. The standard InChI is InChI=1S/C47H34N4/c1-2-15-37(16-3-1)47(38-25-27-48-28-26-38)41-19-9-8-17-39(41)43-40(18-10-20-42(43)47)46-50-44(35-23-21-31-11-4-6-13-33(31)29-35)49-45(51-46)36-24-22-32-12-5-7-14-34(32)30-36/h1-4,6-11,13-30,44H,5,12H2,(H,49,50,51). The van der Waals surface area contributed by atoms with Crippen LogP contribution in [0, 0.1) is 0 Å². The lowest BCUT2D eigenvalue weighted by Gasteiger charge is -2.33. The molecule has 1 aromatic heterocycles. The van der Waals surface area contributed by atoms with E-state index in [-0.39, 0.29) is 0 Å². The van der Waals surface area contributed by atoms with Gasteiger partial charge in [0.25, 0.3) is 0 Å². The van der Waals surface area contributed by atoms with Crippen LogP contribution in [0.1, 0.15) is 62.7 Å². The Morgan fingerprint density at radius 3 is 2.24 bits per heavy atom. The van der Waals surface area contributed by atoms with Gasteiger partial charge in [0, 0.05) is 23.5 Å². The Morgan fingerprint density at radius 1 is 0.588 bits per heavy atom. The van der Waals surface area contributed by atoms with Crippen molar-refractivity contribution in [2.45, 2.75) is 24.4 Å². The Kier molecular flexibility index (Phi) is 6.88. The third-order valence-electron chi connectivity index (χ3n) is 10.8. The van der Waals surface area contributed by atoms with Crippen LogP contribution in [-0.2, 0) is 11.8 Å². The van der Waals surface area contributed by atoms with Gasteiger partial charge in [-0.3, -0.25) is 4.98 Å². The molecule has 4 heteroatoms. The molecule has 51 heavy (non-hydrogen) atoms. The first-order chi connectivity index (χ1) is 25.3. The van der Waals surface area contributed by atoms with Crippen LogP contribution in [0.3, 0.4) is 0 Å². The number of fused-ring (bicyclic) bond motifs is 5. The number of benzene rings is 6. The SMILES string of the molecule is C1=Cc2cc(C3=NC(c4ccc5ccccc5c4)N=C(c4cccc5c4-c4ccccc4C5(c4ccccc4)c4ccncc4)N3)ccc2CC1. The highest BCUT2D eigenvalue weighted by Crippen LogP contribution is 2.57. The summed E-state index contributed by atoms with van der Waals surface area (Å²) in [6.45, 7) is 0. The van der Waals surface area contributed by atoms with Crippen LogP contribution in [0.5, 0.6) is 0 Å². The number of nitrogens with zero attached hydrogens (tertiary/aromatic N) is 3. The summed E-state index contributed by atoms with van der Waals surface area (Å²) in [4.78, 5) is 15.2. The molecule has 0 spiro atoms. The van der Waals surface area contributed by atoms with Gasteiger partial charge in [0.1, 0.15) is 11.7 Å². The molecular weight excluding hydrogens is 621 g/mol. The fraction of sp³-hybridized carbons (Fsp3) is 0.0851. The average Bonchev–Trinajstić information content (AvgIpc) is 3.52. The van der Waals surface area contributed by atoms with Crippen LogP contribution in [0.15, 0.2) is 174 Å². The van der Waals surface area contributed by atoms with Gasteiger partial charge in [0.05, 0.1) is 5.41 Å². The van der Waals surface area contributed by atoms with E-state index in [0.29, 0.717) is 0 Å². The zero-order chi connectivity index (χ0) is 33.8. The van der Waals surface area contributed by atoms with Crippen molar-refractivity contribution >= 4 is 28.5 Å². The van der Waals surface area contributed by atoms with Gasteiger partial charge in [-0.25, -0.2) is 9.98 Å². The highest BCUT2D eigenvalue weighted by Gasteiger charge is 2.47. The smallest absolute Gasteiger partial charge is 0.169 e. The Bertz CT molecular complexity index is 2520. The van der Waals surface area contributed by atoms with E-state index in [1.54, 1.807) is 0 Å². The van der Waals surface area contributed by atoms with Gasteiger partial charge in [-0.05, 0) is 98.0 Å². The van der Waals surface area contributed by atoms with Crippen LogP contribution in [0.2, 0.25) is 0 Å². The van der Waals surface area contributed by atoms with Crippen molar-refractivity contribution in [1.82, 2.24) is 10.3 Å². The number of allylic oxidation sites excluding steroid dienone is 1. The third-order valence-corrected chi connectivity index (χ3v) is 10.8. The monoisotopic (exact) mass is 654 g/mol. The van der Waals surface area contributed by atoms with Crippen molar-refractivity contribution in [3.63, 3.8) is 0 Å². The summed E-state index contributed by atoms with van der Waals surface area (Å²) in [5, 5.41) is 6.15. The van der Waals surface area contributed by atoms with Crippen molar-refractivity contribution in [1.29, 1.82) is 0 Å². The molecule has 1 aliphatic heterocycles. The van der Waals surface area contributed by atoms with Crippen LogP contribution in [0.4, 0.5) is 0 Å². The molecule has 3 aliphatic rings. The molecule has 2 heterocycles. The summed E-state index contributed by atoms with van der Waals surface area (Å²) in [7, 11) is 0. The molecule has 1 N–H and O–H groups in total. The van der Waals surface area contributed by atoms with E-state index in [0.717, 1.165) is 41.2 Å². The number of pyridine rings is 1. The fourth-order valence-corrected chi connectivity index (χ4v) is 8.43. The van der Waals surface area contributed by atoms with E-state index >= 15 is 0 Å². The molecule has 6 aromatic carbocycles. The quantitative estimate of drug-likeness (QED) is 0.201. The molecule has 0 radical (unpaired) electrons. The number of aromatic nitrogens is 1. The first-order valence-electron chi connectivity index (χ1n) is 17.7. The lowest BCUT2D eigenvalue weighted by atomic mass is 9.68. The topological polar surface area (TPSA) is 49.6 Å². The minimum Gasteiger partial charge on any atom is -0.324 e. The fourth-order valence-electron chi connectivity index (χ4n) is 8.43. The Hall–Kier alpha value is -6.39. The second-order valence-electron chi connectivity index (χ2n) is 13.5. The van der Waals surface area contributed by atoms with Crippen molar-refractivity contribution in [3.8, 4) is 11.1 Å². The number of aliphatic imine (C=N–C) groups is 2. The molecular formula is C47H34N4. The van der Waals surface area contributed by atoms with Crippen LogP contribution >= 0.6 is 0 Å². The molecule has 2 aliphatic carbocycles. The molecule has 0 fully saturated rings. The van der Waals surface area contributed by atoms with E-state index in [1.165, 1.54) is 55.3 Å². The molecule has 7 aromatic rings. The van der Waals surface area contributed by atoms with Crippen molar-refractivity contribution in [2.24, 2.45) is 9.98 Å². The molecule has 0 saturated carbocycles. The maximum absolute atomic E-state index is 5.43. The summed E-state index contributed by atoms with van der Waals surface area (Å²) in [5.74, 6) is 1.64. The minimum absolute atomic E-state index is 0.418. The second-order valence-corrected chi connectivity index (χ2v) is 13.5. The van der Waals surface area contributed by atoms with Gasteiger partial charge < -0.3 is 5.32 Å². The zero-order valence-electron chi connectivity index (χ0n) is 28.0. The lowest BCUT2D eigenvalue weighted by molar-refractivity contribution is 0.756. The van der Waals surface area contributed by atoms with Crippen LogP contribution < -0.4 is 5.32 Å². The number of hydrogen-bond acceptors (Lipinski definition) is 4. The van der Waals surface area contributed by atoms with E-state index < -0.39 is 11.6 Å². The van der Waals surface area contributed by atoms with Gasteiger partial charge in [-0.2, -0.15) is 0 Å². The Labute approximate surface area is 297 Å². The largest absolute Gasteiger partial charge is 0.324 e. The minimum atomic E-state index is -0.527. The second kappa shape index (κ2) is 11.9. The molecule has 2 atom stereocenters. The van der Waals surface area contributed by atoms with Crippen molar-refractivity contribution < 1.29 is 0 Å². The molecule has 242 valence electrons. The maximum Gasteiger partial charge on any atom is 0.169 e. The summed E-state index contributed by atoms with van der Waals surface area (Å²) in [6, 6.07) is 52.5. The Morgan fingerprint density at radius 2 is 1.33 bits per heavy atom. The molecule has 2 unspecified atom stereocenters. The predicted molar refractivity (Wildman–Crippen MR) is 208 cm³/mol. The van der Waals surface area contributed by atoms with E-state index in [9.17, 15) is 0 Å². The molecule has 0 bridgehead atoms. The first kappa shape index (κ1) is 29.5. The number of nitrogens with one attached hydrogen (secondary N) is 1. The van der Waals surface area contributed by atoms with Gasteiger partial charge in [0.2, 0.25) is 0 Å². The number of aryl methyl sites for hydroxylation is 1. The molecule has 0 saturated heterocycles. The highest BCUT2D eigenvalue weighted by atomic mass is 15.2.